The normalized spacial score (nSPS) is 29.3. The summed E-state index contributed by atoms with van der Waals surface area (Å²) in [5.41, 5.74) is 4.37. The van der Waals surface area contributed by atoms with E-state index in [0.717, 1.165) is 89.0 Å². The zero-order chi connectivity index (χ0) is 29.3. The molecule has 42 heavy (non-hydrogen) atoms. The van der Waals surface area contributed by atoms with Crippen LogP contribution in [0.2, 0.25) is 0 Å². The molecule has 1 N–H and O–H groups in total. The lowest BCUT2D eigenvalue weighted by molar-refractivity contribution is -0.124. The van der Waals surface area contributed by atoms with Crippen molar-refractivity contribution < 1.29 is 14.6 Å². The largest absolute Gasteiger partial charge is 0.496 e. The minimum absolute atomic E-state index is 0.120. The Kier molecular flexibility index (Phi) is 8.66. The molecule has 1 saturated heterocycles. The number of hydrogen-bond acceptors (Lipinski definition) is 5. The number of ether oxygens (including phenoxy) is 1. The number of nitrogens with zero attached hydrogens (tertiary/aromatic N) is 3. The van der Waals surface area contributed by atoms with Crippen LogP contribution in [0.15, 0.2) is 36.5 Å². The number of hydrogen-bond donors (Lipinski definition) is 1. The van der Waals surface area contributed by atoms with E-state index in [0.29, 0.717) is 11.8 Å². The van der Waals surface area contributed by atoms with Gasteiger partial charge in [0.05, 0.1) is 7.11 Å². The highest BCUT2D eigenvalue weighted by atomic mass is 16.5. The Bertz CT molecular complexity index is 1230. The number of benzene rings is 1. The second kappa shape index (κ2) is 12.3. The van der Waals surface area contributed by atoms with Crippen molar-refractivity contribution in [3.63, 3.8) is 0 Å². The van der Waals surface area contributed by atoms with Crippen LogP contribution in [-0.2, 0) is 10.2 Å². The summed E-state index contributed by atoms with van der Waals surface area (Å²) >= 11 is 0. The molecular formula is C36H51N3O3. The number of aliphatic hydroxyl groups excluding tert-OH is 1. The minimum Gasteiger partial charge on any atom is -0.496 e. The van der Waals surface area contributed by atoms with Gasteiger partial charge in [-0.25, -0.2) is 4.98 Å². The number of aryl methyl sites for hydroxylation is 1. The van der Waals surface area contributed by atoms with Crippen molar-refractivity contribution in [1.29, 1.82) is 0 Å². The average Bonchev–Trinajstić information content (AvgIpc) is 3.04. The highest BCUT2D eigenvalue weighted by Gasteiger charge is 2.50. The number of rotatable bonds is 8. The van der Waals surface area contributed by atoms with Crippen molar-refractivity contribution in [3.8, 4) is 5.75 Å². The van der Waals surface area contributed by atoms with E-state index in [-0.39, 0.29) is 16.7 Å². The Morgan fingerprint density at radius 1 is 1.05 bits per heavy atom. The minimum atomic E-state index is -0.427. The van der Waals surface area contributed by atoms with Gasteiger partial charge in [0, 0.05) is 31.7 Å². The molecule has 2 atom stereocenters. The molecule has 0 radical (unpaired) electrons. The molecule has 4 saturated carbocycles. The Balaban J connectivity index is 1.24. The van der Waals surface area contributed by atoms with Gasteiger partial charge < -0.3 is 9.84 Å². The maximum Gasteiger partial charge on any atom is 0.231 e. The van der Waals surface area contributed by atoms with E-state index in [1.165, 1.54) is 42.4 Å². The fourth-order valence-corrected chi connectivity index (χ4v) is 8.77. The predicted octanol–water partition coefficient (Wildman–Crippen LogP) is 7.12. The molecule has 2 aromatic rings. The third-order valence-electron chi connectivity index (χ3n) is 11.6. The van der Waals surface area contributed by atoms with E-state index in [1.807, 2.05) is 13.1 Å². The molecule has 4 aliphatic carbocycles. The van der Waals surface area contributed by atoms with Gasteiger partial charge in [0.2, 0.25) is 5.91 Å². The predicted molar refractivity (Wildman–Crippen MR) is 168 cm³/mol. The van der Waals surface area contributed by atoms with E-state index >= 15 is 0 Å². The van der Waals surface area contributed by atoms with Gasteiger partial charge >= 0.3 is 0 Å². The van der Waals surface area contributed by atoms with Crippen LogP contribution in [0, 0.1) is 18.3 Å². The van der Waals surface area contributed by atoms with Crippen LogP contribution in [0.4, 0.5) is 5.82 Å². The standard InChI is InChI=1S/C36H51N3O3/c1-26-22-31(11-12-32(26)42-3)36-17-14-35(15-18-36,16-19-36)25-39(34(41)28-8-5-4-6-9-28)33-23-29(13-20-37-33)30-10-7-21-38(24-30)27(2)40/h11-13,20,22-23,27-28,30,40H,4-10,14-19,21,24-25H2,1-3H3. The zero-order valence-corrected chi connectivity index (χ0v) is 26.1. The average molecular weight is 574 g/mol. The number of anilines is 1. The summed E-state index contributed by atoms with van der Waals surface area (Å²) in [5, 5.41) is 10.2. The number of amides is 1. The van der Waals surface area contributed by atoms with Gasteiger partial charge in [-0.15, -0.1) is 0 Å². The third kappa shape index (κ3) is 5.86. The number of carbonyl (C=O) groups excluding carboxylic acids is 1. The van der Waals surface area contributed by atoms with Crippen LogP contribution in [0.3, 0.4) is 0 Å². The lowest BCUT2D eigenvalue weighted by Crippen LogP contribution is -2.51. The first kappa shape index (κ1) is 29.6. The van der Waals surface area contributed by atoms with E-state index in [9.17, 15) is 9.90 Å². The number of carbonyl (C=O) groups is 1. The van der Waals surface area contributed by atoms with Gasteiger partial charge in [0.1, 0.15) is 17.8 Å². The topological polar surface area (TPSA) is 65.9 Å². The van der Waals surface area contributed by atoms with Gasteiger partial charge in [-0.1, -0.05) is 31.4 Å². The van der Waals surface area contributed by atoms with Crippen LogP contribution in [0.1, 0.15) is 113 Å². The van der Waals surface area contributed by atoms with Crippen LogP contribution in [-0.4, -0.2) is 53.9 Å². The number of fused-ring (bicyclic) bond motifs is 3. The maximum atomic E-state index is 14.3. The Hall–Kier alpha value is -2.44. The molecule has 0 spiro atoms. The fraction of sp³-hybridized carbons (Fsp3) is 0.667. The first-order chi connectivity index (χ1) is 20.3. The molecule has 1 amide bonds. The molecule has 2 unspecified atom stereocenters. The summed E-state index contributed by atoms with van der Waals surface area (Å²) in [7, 11) is 1.75. The van der Waals surface area contributed by atoms with Gasteiger partial charge in [-0.3, -0.25) is 14.6 Å². The Labute approximate surface area is 252 Å². The molecule has 1 aliphatic heterocycles. The third-order valence-corrected chi connectivity index (χ3v) is 11.6. The first-order valence-corrected chi connectivity index (χ1v) is 16.7. The van der Waals surface area contributed by atoms with E-state index in [1.54, 1.807) is 7.11 Å². The fourth-order valence-electron chi connectivity index (χ4n) is 8.77. The molecule has 5 aliphatic rings. The number of piperidine rings is 1. The van der Waals surface area contributed by atoms with E-state index < -0.39 is 6.23 Å². The lowest BCUT2D eigenvalue weighted by Gasteiger charge is -2.55. The summed E-state index contributed by atoms with van der Waals surface area (Å²) in [6, 6.07) is 11.1. The molecule has 1 aromatic carbocycles. The van der Waals surface area contributed by atoms with Gasteiger partial charge in [0.25, 0.3) is 0 Å². The van der Waals surface area contributed by atoms with Gasteiger partial charge in [-0.05, 0) is 130 Å². The van der Waals surface area contributed by atoms with Crippen molar-refractivity contribution in [1.82, 2.24) is 9.88 Å². The molecule has 6 heteroatoms. The van der Waals surface area contributed by atoms with Crippen LogP contribution < -0.4 is 9.64 Å². The number of methoxy groups -OCH3 is 1. The van der Waals surface area contributed by atoms with Crippen molar-refractivity contribution in [2.45, 2.75) is 115 Å². The highest BCUT2D eigenvalue weighted by molar-refractivity contribution is 5.94. The van der Waals surface area contributed by atoms with Crippen molar-refractivity contribution in [2.75, 3.05) is 31.6 Å². The summed E-state index contributed by atoms with van der Waals surface area (Å²) in [6.07, 6.45) is 16.3. The molecule has 5 fully saturated rings. The number of aliphatic hydroxyl groups is 1. The summed E-state index contributed by atoms with van der Waals surface area (Å²) in [4.78, 5) is 23.4. The Morgan fingerprint density at radius 2 is 1.79 bits per heavy atom. The van der Waals surface area contributed by atoms with Gasteiger partial charge in [-0.2, -0.15) is 0 Å². The summed E-state index contributed by atoms with van der Waals surface area (Å²) < 4.78 is 5.54. The monoisotopic (exact) mass is 573 g/mol. The quantitative estimate of drug-likeness (QED) is 0.364. The second-order valence-corrected chi connectivity index (χ2v) is 14.1. The van der Waals surface area contributed by atoms with Crippen molar-refractivity contribution >= 4 is 11.7 Å². The zero-order valence-electron chi connectivity index (χ0n) is 26.1. The molecule has 1 aromatic heterocycles. The SMILES string of the molecule is COc1ccc(C23CCC(CN(C(=O)C4CCCCC4)c4cc(C5CCCN(C(C)O)C5)ccn4)(CC2)CC3)cc1C. The lowest BCUT2D eigenvalue weighted by atomic mass is 9.51. The molecule has 228 valence electrons. The van der Waals surface area contributed by atoms with Crippen LogP contribution >= 0.6 is 0 Å². The summed E-state index contributed by atoms with van der Waals surface area (Å²) in [5.74, 6) is 2.60. The second-order valence-electron chi connectivity index (χ2n) is 14.1. The first-order valence-electron chi connectivity index (χ1n) is 16.7. The van der Waals surface area contributed by atoms with Crippen LogP contribution in [0.25, 0.3) is 0 Å². The molecule has 2 heterocycles. The molecule has 6 nitrogen and oxygen atoms in total. The molecular weight excluding hydrogens is 522 g/mol. The van der Waals surface area contributed by atoms with Crippen molar-refractivity contribution in [2.24, 2.45) is 11.3 Å². The molecule has 7 rings (SSSR count). The van der Waals surface area contributed by atoms with E-state index in [4.69, 9.17) is 9.72 Å². The summed E-state index contributed by atoms with van der Waals surface area (Å²) in [6.45, 7) is 6.61. The van der Waals surface area contributed by atoms with E-state index in [2.05, 4.69) is 47.1 Å². The number of pyridine rings is 1. The maximum absolute atomic E-state index is 14.3. The smallest absolute Gasteiger partial charge is 0.231 e. The molecule has 2 bridgehead atoms. The highest BCUT2D eigenvalue weighted by Crippen LogP contribution is 2.58. The van der Waals surface area contributed by atoms with Gasteiger partial charge in [0.15, 0.2) is 0 Å². The number of aromatic nitrogens is 1. The number of likely N-dealkylation sites (tertiary alicyclic amines) is 1. The van der Waals surface area contributed by atoms with Crippen LogP contribution in [0.5, 0.6) is 5.75 Å². The van der Waals surface area contributed by atoms with Crippen molar-refractivity contribution in [3.05, 3.63) is 53.2 Å². The Morgan fingerprint density at radius 3 is 2.45 bits per heavy atom.